The molecular weight excluding hydrogens is 168 g/mol. The molecule has 1 unspecified atom stereocenters. The Kier molecular flexibility index (Phi) is 3.89. The maximum atomic E-state index is 10.8. The van der Waals surface area contributed by atoms with E-state index in [2.05, 4.69) is 9.73 Å². The van der Waals surface area contributed by atoms with Crippen molar-refractivity contribution in [1.29, 1.82) is 0 Å². The maximum absolute atomic E-state index is 10.8. The molecule has 1 atom stereocenters. The van der Waals surface area contributed by atoms with Gasteiger partial charge in [-0.3, -0.25) is 4.99 Å². The zero-order valence-electron chi connectivity index (χ0n) is 6.24. The predicted octanol–water partition coefficient (Wildman–Crippen LogP) is 0.101. The Morgan fingerprint density at radius 2 is 2.45 bits per heavy atom. The molecule has 0 saturated carbocycles. The molecule has 0 spiro atoms. The Labute approximate surface area is 71.2 Å². The number of aliphatic imine (C=N–C) groups is 1. The van der Waals surface area contributed by atoms with Gasteiger partial charge >= 0.3 is 5.97 Å². The molecule has 2 N–H and O–H groups in total. The molecule has 0 aromatic rings. The normalized spacial score (nSPS) is 21.9. The van der Waals surface area contributed by atoms with Crippen molar-refractivity contribution >= 4 is 24.2 Å². The highest BCUT2D eigenvalue weighted by atomic mass is 35.5. The van der Waals surface area contributed by atoms with Crippen molar-refractivity contribution in [3.05, 3.63) is 0 Å². The molecule has 0 radical (unpaired) electrons. The van der Waals surface area contributed by atoms with E-state index in [1.807, 2.05) is 0 Å². The average Bonchev–Trinajstić information content (AvgIpc) is 2.34. The maximum Gasteiger partial charge on any atom is 0.330 e. The second-order valence-electron chi connectivity index (χ2n) is 2.20. The third-order valence-electron chi connectivity index (χ3n) is 1.47. The van der Waals surface area contributed by atoms with E-state index in [1.54, 1.807) is 0 Å². The van der Waals surface area contributed by atoms with Gasteiger partial charge in [0.05, 0.1) is 12.9 Å². The van der Waals surface area contributed by atoms with Crippen LogP contribution in [0.3, 0.4) is 0 Å². The number of carbonyl (C=O) groups excluding carboxylic acids is 1. The molecule has 4 nitrogen and oxygen atoms in total. The molecule has 5 heteroatoms. The number of carbonyl (C=O) groups is 1. The fourth-order valence-electron chi connectivity index (χ4n) is 0.920. The molecule has 0 bridgehead atoms. The summed E-state index contributed by atoms with van der Waals surface area (Å²) in [5, 5.41) is 0. The first kappa shape index (κ1) is 10.2. The first-order valence-corrected chi connectivity index (χ1v) is 3.14. The van der Waals surface area contributed by atoms with Crippen LogP contribution in [0.5, 0.6) is 0 Å². The number of esters is 1. The Bertz CT molecular complexity index is 181. The first-order valence-electron chi connectivity index (χ1n) is 3.14. The quantitative estimate of drug-likeness (QED) is 0.580. The fourth-order valence-corrected chi connectivity index (χ4v) is 0.920. The standard InChI is InChI=1S/C6H10N2O2.ClH/c1-10-6(9)4-2-3-5(7)8-4;/h4H,2-3H2,1H3,(H2,7,8);1H. The lowest BCUT2D eigenvalue weighted by molar-refractivity contribution is -0.141. The number of amidine groups is 1. The zero-order chi connectivity index (χ0) is 7.56. The molecular formula is C6H11ClN2O2. The van der Waals surface area contributed by atoms with Crippen molar-refractivity contribution in [2.24, 2.45) is 10.7 Å². The van der Waals surface area contributed by atoms with Crippen molar-refractivity contribution in [2.45, 2.75) is 18.9 Å². The van der Waals surface area contributed by atoms with Gasteiger partial charge in [-0.2, -0.15) is 0 Å². The predicted molar refractivity (Wildman–Crippen MR) is 43.9 cm³/mol. The van der Waals surface area contributed by atoms with Crippen LogP contribution in [0.1, 0.15) is 12.8 Å². The topological polar surface area (TPSA) is 64.7 Å². The molecule has 1 rings (SSSR count). The lowest BCUT2D eigenvalue weighted by atomic mass is 10.2. The van der Waals surface area contributed by atoms with E-state index in [0.717, 1.165) is 0 Å². The number of halogens is 1. The van der Waals surface area contributed by atoms with E-state index < -0.39 is 0 Å². The molecule has 1 aliphatic heterocycles. The second kappa shape index (κ2) is 4.18. The van der Waals surface area contributed by atoms with Crippen molar-refractivity contribution in [3.63, 3.8) is 0 Å². The van der Waals surface area contributed by atoms with Crippen LogP contribution in [0.2, 0.25) is 0 Å². The molecule has 0 aliphatic carbocycles. The van der Waals surface area contributed by atoms with E-state index in [-0.39, 0.29) is 24.4 Å². The number of nitrogens with zero attached hydrogens (tertiary/aromatic N) is 1. The lowest BCUT2D eigenvalue weighted by Gasteiger charge is -2.00. The summed E-state index contributed by atoms with van der Waals surface area (Å²) in [5.74, 6) is 0.260. The number of hydrogen-bond acceptors (Lipinski definition) is 4. The van der Waals surface area contributed by atoms with Gasteiger partial charge in [-0.15, -0.1) is 12.4 Å². The summed E-state index contributed by atoms with van der Waals surface area (Å²) in [7, 11) is 1.35. The van der Waals surface area contributed by atoms with E-state index in [1.165, 1.54) is 7.11 Å². The van der Waals surface area contributed by atoms with Gasteiger partial charge in [-0.1, -0.05) is 0 Å². The molecule has 0 aromatic carbocycles. The minimum Gasteiger partial charge on any atom is -0.467 e. The average molecular weight is 179 g/mol. The van der Waals surface area contributed by atoms with E-state index in [9.17, 15) is 4.79 Å². The second-order valence-corrected chi connectivity index (χ2v) is 2.20. The van der Waals surface area contributed by atoms with E-state index in [4.69, 9.17) is 5.73 Å². The molecule has 1 heterocycles. The van der Waals surface area contributed by atoms with Gasteiger partial charge in [0.15, 0.2) is 0 Å². The summed E-state index contributed by atoms with van der Waals surface area (Å²) >= 11 is 0. The van der Waals surface area contributed by atoms with Crippen LogP contribution >= 0.6 is 12.4 Å². The summed E-state index contributed by atoms with van der Waals surface area (Å²) in [4.78, 5) is 14.7. The minimum absolute atomic E-state index is 0. The smallest absolute Gasteiger partial charge is 0.330 e. The Hall–Kier alpha value is -0.770. The van der Waals surface area contributed by atoms with Gasteiger partial charge in [0.2, 0.25) is 0 Å². The van der Waals surface area contributed by atoms with Gasteiger partial charge < -0.3 is 10.5 Å². The number of hydrogen-bond donors (Lipinski definition) is 1. The largest absolute Gasteiger partial charge is 0.467 e. The lowest BCUT2D eigenvalue weighted by Crippen LogP contribution is -2.17. The van der Waals surface area contributed by atoms with Crippen LogP contribution in [-0.2, 0) is 9.53 Å². The monoisotopic (exact) mass is 178 g/mol. The highest BCUT2D eigenvalue weighted by Gasteiger charge is 2.23. The van der Waals surface area contributed by atoms with E-state index >= 15 is 0 Å². The van der Waals surface area contributed by atoms with Gasteiger partial charge in [-0.25, -0.2) is 4.79 Å². The number of rotatable bonds is 1. The van der Waals surface area contributed by atoms with Crippen LogP contribution in [0.15, 0.2) is 4.99 Å². The van der Waals surface area contributed by atoms with Crippen molar-refractivity contribution < 1.29 is 9.53 Å². The summed E-state index contributed by atoms with van der Waals surface area (Å²) in [5.41, 5.74) is 5.36. The van der Waals surface area contributed by atoms with Gasteiger partial charge in [-0.05, 0) is 6.42 Å². The molecule has 0 fully saturated rings. The van der Waals surface area contributed by atoms with Gasteiger partial charge in [0.25, 0.3) is 0 Å². The molecule has 64 valence electrons. The van der Waals surface area contributed by atoms with Crippen LogP contribution in [0.25, 0.3) is 0 Å². The van der Waals surface area contributed by atoms with E-state index in [0.29, 0.717) is 18.7 Å². The summed E-state index contributed by atoms with van der Waals surface area (Å²) in [6.07, 6.45) is 1.40. The first-order chi connectivity index (χ1) is 4.74. The number of methoxy groups -OCH3 is 1. The highest BCUT2D eigenvalue weighted by Crippen LogP contribution is 2.11. The third-order valence-corrected chi connectivity index (χ3v) is 1.47. The summed E-state index contributed by atoms with van der Waals surface area (Å²) < 4.78 is 4.48. The van der Waals surface area contributed by atoms with Crippen LogP contribution in [-0.4, -0.2) is 25.0 Å². The van der Waals surface area contributed by atoms with Crippen LogP contribution < -0.4 is 5.73 Å². The number of nitrogens with two attached hydrogens (primary N) is 1. The SMILES string of the molecule is COC(=O)C1CCC(N)=N1.Cl. The molecule has 0 amide bonds. The molecule has 1 aliphatic rings. The van der Waals surface area contributed by atoms with Crippen molar-refractivity contribution in [2.75, 3.05) is 7.11 Å². The summed E-state index contributed by atoms with van der Waals surface area (Å²) in [6.45, 7) is 0. The molecule has 0 aromatic heterocycles. The molecule has 0 saturated heterocycles. The Balaban J connectivity index is 0.000001000. The molecule has 11 heavy (non-hydrogen) atoms. The minimum atomic E-state index is -0.343. The third kappa shape index (κ3) is 2.38. The zero-order valence-corrected chi connectivity index (χ0v) is 7.06. The van der Waals surface area contributed by atoms with Crippen LogP contribution in [0, 0.1) is 0 Å². The number of ether oxygens (including phenoxy) is 1. The highest BCUT2D eigenvalue weighted by molar-refractivity contribution is 5.88. The Morgan fingerprint density at radius 3 is 2.82 bits per heavy atom. The fraction of sp³-hybridized carbons (Fsp3) is 0.667. The van der Waals surface area contributed by atoms with Gasteiger partial charge in [0, 0.05) is 6.42 Å². The Morgan fingerprint density at radius 1 is 1.82 bits per heavy atom. The summed E-state index contributed by atoms with van der Waals surface area (Å²) in [6, 6.07) is -0.343. The van der Waals surface area contributed by atoms with Crippen LogP contribution in [0.4, 0.5) is 0 Å². The van der Waals surface area contributed by atoms with Crippen molar-refractivity contribution in [1.82, 2.24) is 0 Å². The van der Waals surface area contributed by atoms with Gasteiger partial charge in [0.1, 0.15) is 6.04 Å². The van der Waals surface area contributed by atoms with Crippen molar-refractivity contribution in [3.8, 4) is 0 Å².